The molecule has 2 aliphatic rings. The van der Waals surface area contributed by atoms with E-state index in [1.54, 1.807) is 0 Å². The highest BCUT2D eigenvalue weighted by Crippen LogP contribution is 2.38. The number of halogens is 1. The maximum atomic E-state index is 3.55. The monoisotopic (exact) mass is 321 g/mol. The molecule has 19 heavy (non-hydrogen) atoms. The molecule has 0 bridgehead atoms. The molecule has 0 radical (unpaired) electrons. The van der Waals surface area contributed by atoms with Gasteiger partial charge in [0.05, 0.1) is 0 Å². The zero-order valence-electron chi connectivity index (χ0n) is 11.9. The van der Waals surface area contributed by atoms with Gasteiger partial charge in [0, 0.05) is 23.6 Å². The van der Waals surface area contributed by atoms with Gasteiger partial charge in [0.1, 0.15) is 0 Å². The predicted octanol–water partition coefficient (Wildman–Crippen LogP) is 5.05. The minimum absolute atomic E-state index is 0.816. The Balaban J connectivity index is 1.83. The van der Waals surface area contributed by atoms with Crippen molar-refractivity contribution in [3.05, 3.63) is 29.3 Å². The maximum Gasteiger partial charge on any atom is 0.0398 e. The molecule has 1 aliphatic heterocycles. The van der Waals surface area contributed by atoms with Gasteiger partial charge in [0.2, 0.25) is 0 Å². The molecule has 1 saturated heterocycles. The van der Waals surface area contributed by atoms with E-state index in [0.29, 0.717) is 0 Å². The van der Waals surface area contributed by atoms with Gasteiger partial charge in [-0.2, -0.15) is 0 Å². The summed E-state index contributed by atoms with van der Waals surface area (Å²) >= 11 is 3.55. The fourth-order valence-corrected chi connectivity index (χ4v) is 4.40. The molecule has 104 valence electrons. The van der Waals surface area contributed by atoms with E-state index < -0.39 is 0 Å². The number of hydrogen-bond donors (Lipinski definition) is 0. The van der Waals surface area contributed by atoms with Gasteiger partial charge in [-0.3, -0.25) is 0 Å². The zero-order chi connectivity index (χ0) is 13.2. The van der Waals surface area contributed by atoms with Crippen molar-refractivity contribution in [1.29, 1.82) is 0 Å². The molecule has 2 heteroatoms. The van der Waals surface area contributed by atoms with E-state index in [1.165, 1.54) is 61.9 Å². The molecule has 1 aromatic carbocycles. The molecule has 1 heterocycles. The summed E-state index contributed by atoms with van der Waals surface area (Å²) in [6.07, 6.45) is 8.61. The van der Waals surface area contributed by atoms with Crippen LogP contribution >= 0.6 is 15.9 Å². The number of alkyl halides is 1. The van der Waals surface area contributed by atoms with Gasteiger partial charge < -0.3 is 4.90 Å². The molecule has 0 amide bonds. The summed E-state index contributed by atoms with van der Waals surface area (Å²) in [7, 11) is 0. The van der Waals surface area contributed by atoms with Crippen LogP contribution in [0, 0.1) is 12.8 Å². The number of rotatable bonds is 3. The molecule has 1 unspecified atom stereocenters. The van der Waals surface area contributed by atoms with Crippen LogP contribution in [0.2, 0.25) is 0 Å². The van der Waals surface area contributed by atoms with Crippen molar-refractivity contribution in [2.75, 3.05) is 11.4 Å². The lowest BCUT2D eigenvalue weighted by Crippen LogP contribution is -2.35. The minimum atomic E-state index is 0.816. The van der Waals surface area contributed by atoms with Crippen LogP contribution in [0.25, 0.3) is 0 Å². The molecule has 1 nitrogen and oxygen atoms in total. The predicted molar refractivity (Wildman–Crippen MR) is 86.1 cm³/mol. The molecule has 2 fully saturated rings. The first kappa shape index (κ1) is 13.5. The molecule has 1 atom stereocenters. The molecule has 1 aliphatic carbocycles. The molecular weight excluding hydrogens is 298 g/mol. The van der Waals surface area contributed by atoms with Crippen LogP contribution in [0.4, 0.5) is 5.69 Å². The Morgan fingerprint density at radius 1 is 1.16 bits per heavy atom. The largest absolute Gasteiger partial charge is 0.368 e. The van der Waals surface area contributed by atoms with Crippen LogP contribution in [0.5, 0.6) is 0 Å². The number of benzene rings is 1. The minimum Gasteiger partial charge on any atom is -0.368 e. The smallest absolute Gasteiger partial charge is 0.0398 e. The van der Waals surface area contributed by atoms with Crippen molar-refractivity contribution in [2.24, 2.45) is 5.92 Å². The quantitative estimate of drug-likeness (QED) is 0.704. The van der Waals surface area contributed by atoms with E-state index in [0.717, 1.165) is 17.3 Å². The normalized spacial score (nSPS) is 24.3. The van der Waals surface area contributed by atoms with Crippen LogP contribution in [-0.2, 0) is 5.33 Å². The molecule has 3 rings (SSSR count). The first-order valence-electron chi connectivity index (χ1n) is 7.71. The Bertz CT molecular complexity index is 437. The van der Waals surface area contributed by atoms with E-state index in [4.69, 9.17) is 0 Å². The van der Waals surface area contributed by atoms with E-state index in [-0.39, 0.29) is 0 Å². The third kappa shape index (κ3) is 2.69. The van der Waals surface area contributed by atoms with Gasteiger partial charge in [0.25, 0.3) is 0 Å². The summed E-state index contributed by atoms with van der Waals surface area (Å²) in [5, 5.41) is 0.959. The van der Waals surface area contributed by atoms with Crippen molar-refractivity contribution < 1.29 is 0 Å². The fraction of sp³-hybridized carbons (Fsp3) is 0.647. The van der Waals surface area contributed by atoms with E-state index in [9.17, 15) is 0 Å². The summed E-state index contributed by atoms with van der Waals surface area (Å²) in [6, 6.07) is 7.78. The SMILES string of the molecule is Cc1cc(CBr)ccc1N1CCCC1C1CCCC1. The van der Waals surface area contributed by atoms with E-state index in [2.05, 4.69) is 46.0 Å². The highest BCUT2D eigenvalue weighted by atomic mass is 79.9. The van der Waals surface area contributed by atoms with Crippen molar-refractivity contribution in [3.63, 3.8) is 0 Å². The van der Waals surface area contributed by atoms with Crippen molar-refractivity contribution in [1.82, 2.24) is 0 Å². The lowest BCUT2D eigenvalue weighted by atomic mass is 9.95. The molecule has 0 aromatic heterocycles. The van der Waals surface area contributed by atoms with Gasteiger partial charge in [-0.25, -0.2) is 0 Å². The second-order valence-electron chi connectivity index (χ2n) is 6.20. The second kappa shape index (κ2) is 5.87. The van der Waals surface area contributed by atoms with Crippen LogP contribution in [-0.4, -0.2) is 12.6 Å². The first-order valence-corrected chi connectivity index (χ1v) is 8.84. The van der Waals surface area contributed by atoms with Crippen LogP contribution in [0.3, 0.4) is 0 Å². The lowest BCUT2D eigenvalue weighted by molar-refractivity contribution is 0.430. The summed E-state index contributed by atoms with van der Waals surface area (Å²) in [5.41, 5.74) is 4.32. The standard InChI is InChI=1S/C17H24BrN/c1-13-11-14(12-18)8-9-16(13)19-10-4-7-17(19)15-5-2-3-6-15/h8-9,11,15,17H,2-7,10,12H2,1H3. The van der Waals surface area contributed by atoms with E-state index in [1.807, 2.05) is 0 Å². The van der Waals surface area contributed by atoms with Gasteiger partial charge in [0.15, 0.2) is 0 Å². The fourth-order valence-electron chi connectivity index (χ4n) is 4.05. The highest BCUT2D eigenvalue weighted by Gasteiger charge is 2.33. The third-order valence-electron chi connectivity index (χ3n) is 4.97. The van der Waals surface area contributed by atoms with Crippen molar-refractivity contribution in [3.8, 4) is 0 Å². The van der Waals surface area contributed by atoms with Gasteiger partial charge in [-0.15, -0.1) is 0 Å². The zero-order valence-corrected chi connectivity index (χ0v) is 13.5. The summed E-state index contributed by atoms with van der Waals surface area (Å²) in [6.45, 7) is 3.53. The Morgan fingerprint density at radius 2 is 1.95 bits per heavy atom. The highest BCUT2D eigenvalue weighted by molar-refractivity contribution is 9.08. The number of hydrogen-bond acceptors (Lipinski definition) is 1. The Labute approximate surface area is 125 Å². The maximum absolute atomic E-state index is 3.55. The van der Waals surface area contributed by atoms with Crippen LogP contribution in [0.1, 0.15) is 49.7 Å². The van der Waals surface area contributed by atoms with Gasteiger partial charge >= 0.3 is 0 Å². The Hall–Kier alpha value is -0.500. The second-order valence-corrected chi connectivity index (χ2v) is 6.76. The van der Waals surface area contributed by atoms with Crippen molar-refractivity contribution in [2.45, 2.75) is 56.8 Å². The van der Waals surface area contributed by atoms with Gasteiger partial charge in [-0.1, -0.05) is 40.9 Å². The van der Waals surface area contributed by atoms with Crippen molar-refractivity contribution >= 4 is 21.6 Å². The van der Waals surface area contributed by atoms with Crippen LogP contribution in [0.15, 0.2) is 18.2 Å². The van der Waals surface area contributed by atoms with Crippen LogP contribution < -0.4 is 4.90 Å². The molecule has 1 saturated carbocycles. The van der Waals surface area contributed by atoms with Gasteiger partial charge in [-0.05, 0) is 55.7 Å². The summed E-state index contributed by atoms with van der Waals surface area (Å²) < 4.78 is 0. The van der Waals surface area contributed by atoms with E-state index >= 15 is 0 Å². The molecule has 1 aromatic rings. The number of anilines is 1. The average molecular weight is 322 g/mol. The molecule has 0 spiro atoms. The topological polar surface area (TPSA) is 3.24 Å². The number of nitrogens with zero attached hydrogens (tertiary/aromatic N) is 1. The Kier molecular flexibility index (Phi) is 4.16. The molecular formula is C17H24BrN. The third-order valence-corrected chi connectivity index (χ3v) is 5.62. The average Bonchev–Trinajstić information content (AvgIpc) is 3.08. The lowest BCUT2D eigenvalue weighted by Gasteiger charge is -2.32. The number of aryl methyl sites for hydroxylation is 1. The molecule has 0 N–H and O–H groups in total. The summed E-state index contributed by atoms with van der Waals surface area (Å²) in [5.74, 6) is 0.956. The Morgan fingerprint density at radius 3 is 2.63 bits per heavy atom. The first-order chi connectivity index (χ1) is 9.29. The summed E-state index contributed by atoms with van der Waals surface area (Å²) in [4.78, 5) is 2.71.